The zero-order chi connectivity index (χ0) is 20.4. The highest BCUT2D eigenvalue weighted by Crippen LogP contribution is 2.49. The molecule has 1 aromatic carbocycles. The maximum Gasteiger partial charge on any atom is 0.242 e. The Labute approximate surface area is 173 Å². The Balaban J connectivity index is 2.48. The Kier molecular flexibility index (Phi) is 7.51. The Hall–Kier alpha value is -0.913. The van der Waals surface area contributed by atoms with Crippen molar-refractivity contribution in [2.24, 2.45) is 0 Å². The lowest BCUT2D eigenvalue weighted by Gasteiger charge is -2.20. The molecule has 3 N–H and O–H groups in total. The summed E-state index contributed by atoms with van der Waals surface area (Å²) < 4.78 is 47.9. The molecule has 0 saturated carbocycles. The Morgan fingerprint density at radius 2 is 2.11 bits per heavy atom. The van der Waals surface area contributed by atoms with E-state index < -0.39 is 30.2 Å². The first-order valence-corrected chi connectivity index (χ1v) is 13.8. The molecule has 11 heteroatoms. The number of aromatic hydroxyl groups is 1. The van der Waals surface area contributed by atoms with Crippen LogP contribution in [0.1, 0.15) is 17.0 Å². The van der Waals surface area contributed by atoms with Gasteiger partial charge < -0.3 is 13.9 Å². The highest BCUT2D eigenvalue weighted by Gasteiger charge is 2.31. The predicted molar refractivity (Wildman–Crippen MR) is 110 cm³/mol. The Bertz CT molecular complexity index is 845. The van der Waals surface area contributed by atoms with Crippen LogP contribution in [0.2, 0.25) is 24.7 Å². The zero-order valence-electron chi connectivity index (χ0n) is 14.9. The van der Waals surface area contributed by atoms with Gasteiger partial charge in [0.2, 0.25) is 25.3 Å². The van der Waals surface area contributed by atoms with E-state index in [2.05, 4.69) is 20.7 Å². The third kappa shape index (κ3) is 6.03. The first kappa shape index (κ1) is 22.4. The van der Waals surface area contributed by atoms with E-state index in [1.165, 1.54) is 18.2 Å². The third-order valence-corrected chi connectivity index (χ3v) is 5.73. The summed E-state index contributed by atoms with van der Waals surface area (Å²) in [7, 11) is -2.13. The monoisotopic (exact) mass is 499 g/mol. The van der Waals surface area contributed by atoms with Gasteiger partial charge in [-0.1, -0.05) is 27.5 Å². The van der Waals surface area contributed by atoms with Crippen molar-refractivity contribution < 1.29 is 27.1 Å². The molecule has 1 heterocycles. The van der Waals surface area contributed by atoms with E-state index in [0.717, 1.165) is 0 Å². The van der Waals surface area contributed by atoms with Crippen LogP contribution in [0.15, 0.2) is 22.6 Å². The van der Waals surface area contributed by atoms with Crippen LogP contribution in [-0.2, 0) is 11.3 Å². The minimum atomic E-state index is -2.13. The van der Waals surface area contributed by atoms with Gasteiger partial charge in [0, 0.05) is 11.6 Å². The molecule has 2 aromatic rings. The lowest BCUT2D eigenvalue weighted by Crippen LogP contribution is -2.29. The van der Waals surface area contributed by atoms with Crippen LogP contribution in [0.4, 0.5) is 4.39 Å². The van der Waals surface area contributed by atoms with Gasteiger partial charge in [-0.25, -0.2) is 13.3 Å². The van der Waals surface area contributed by atoms with E-state index >= 15 is 0 Å². The molecule has 0 saturated heterocycles. The van der Waals surface area contributed by atoms with Gasteiger partial charge in [0.25, 0.3) is 0 Å². The lowest BCUT2D eigenvalue weighted by atomic mass is 10.1. The van der Waals surface area contributed by atoms with Crippen LogP contribution < -0.4 is 9.15 Å². The first-order valence-electron chi connectivity index (χ1n) is 7.98. The fraction of sp³-hybridized carbons (Fsp3) is 0.375. The molecule has 0 fully saturated rings. The van der Waals surface area contributed by atoms with Crippen LogP contribution in [0.3, 0.4) is 0 Å². The van der Waals surface area contributed by atoms with Gasteiger partial charge in [0.1, 0.15) is 5.82 Å². The Morgan fingerprint density at radius 1 is 1.44 bits per heavy atom. The summed E-state index contributed by atoms with van der Waals surface area (Å²) in [6.45, 7) is 6.00. The molecule has 0 radical (unpaired) electrons. The molecule has 0 aliphatic carbocycles. The highest BCUT2D eigenvalue weighted by molar-refractivity contribution is 9.09. The number of halogens is 3. The van der Waals surface area contributed by atoms with Crippen molar-refractivity contribution in [3.05, 3.63) is 34.8 Å². The fourth-order valence-corrected chi connectivity index (χ4v) is 4.10. The van der Waals surface area contributed by atoms with Gasteiger partial charge in [-0.15, -0.1) is 0 Å². The van der Waals surface area contributed by atoms with E-state index in [1.54, 1.807) is 0 Å². The van der Waals surface area contributed by atoms with Crippen molar-refractivity contribution in [2.75, 3.05) is 6.54 Å². The predicted octanol–water partition coefficient (Wildman–Crippen LogP) is 5.21. The summed E-state index contributed by atoms with van der Waals surface area (Å²) in [6.07, 6.45) is 0.360. The maximum absolute atomic E-state index is 14.3. The summed E-state index contributed by atoms with van der Waals surface area (Å²) in [5.41, 5.74) is 0.0148. The van der Waals surface area contributed by atoms with Crippen molar-refractivity contribution >= 4 is 47.1 Å². The fourth-order valence-electron chi connectivity index (χ4n) is 2.29. The number of rotatable bonds is 8. The summed E-state index contributed by atoms with van der Waals surface area (Å²) in [6, 6.07) is 3.94. The zero-order valence-corrected chi connectivity index (χ0v) is 19.0. The van der Waals surface area contributed by atoms with Crippen molar-refractivity contribution in [1.82, 2.24) is 4.72 Å². The highest BCUT2D eigenvalue weighted by atomic mass is 79.9. The largest absolute Gasteiger partial charge is 0.539 e. The smallest absolute Gasteiger partial charge is 0.242 e. The van der Waals surface area contributed by atoms with Crippen LogP contribution >= 0.6 is 27.5 Å². The third-order valence-electron chi connectivity index (χ3n) is 3.36. The normalized spacial score (nSPS) is 14.2. The van der Waals surface area contributed by atoms with Gasteiger partial charge in [-0.2, -0.15) is 0 Å². The first-order chi connectivity index (χ1) is 12.5. The topological polar surface area (TPSA) is 91.9 Å². The summed E-state index contributed by atoms with van der Waals surface area (Å²) in [5, 5.41) is 11.0. The number of hydrogen-bond donors (Lipinski definition) is 3. The molecule has 150 valence electrons. The van der Waals surface area contributed by atoms with Crippen molar-refractivity contribution in [3.8, 4) is 22.8 Å². The molecule has 0 aliphatic rings. The summed E-state index contributed by atoms with van der Waals surface area (Å²) >= 11 is 7.25. The van der Waals surface area contributed by atoms with E-state index in [0.29, 0.717) is 11.4 Å². The van der Waals surface area contributed by atoms with Gasteiger partial charge in [0.05, 0.1) is 10.4 Å². The molecule has 2 atom stereocenters. The Morgan fingerprint density at radius 3 is 2.70 bits per heavy atom. The average molecular weight is 501 g/mol. The number of hydrogen-bond acceptors (Lipinski definition) is 4. The molecule has 0 spiro atoms. The second-order valence-electron chi connectivity index (χ2n) is 6.71. The minimum absolute atomic E-state index is 0.0148. The number of furan rings is 1. The summed E-state index contributed by atoms with van der Waals surface area (Å²) in [5.74, 6) is -0.582. The second kappa shape index (κ2) is 9.06. The quantitative estimate of drug-likeness (QED) is 0.263. The molecule has 2 rings (SSSR count). The van der Waals surface area contributed by atoms with Crippen LogP contribution in [-0.4, -0.2) is 28.7 Å². The van der Waals surface area contributed by atoms with Gasteiger partial charge in [0.15, 0.2) is 17.3 Å². The van der Waals surface area contributed by atoms with E-state index in [1.807, 2.05) is 19.6 Å². The van der Waals surface area contributed by atoms with Gasteiger partial charge in [-0.05, 0) is 44.3 Å². The minimum Gasteiger partial charge on any atom is -0.539 e. The van der Waals surface area contributed by atoms with Crippen molar-refractivity contribution in [1.29, 1.82) is 0 Å². The summed E-state index contributed by atoms with van der Waals surface area (Å²) in [4.78, 5) is -0.443. The van der Waals surface area contributed by atoms with Crippen LogP contribution in [0.25, 0.3) is 11.3 Å². The van der Waals surface area contributed by atoms with E-state index in [-0.39, 0.29) is 35.1 Å². The molecule has 6 nitrogen and oxygen atoms in total. The number of nitrogens with one attached hydrogen (secondary N) is 1. The number of alkyl halides is 1. The van der Waals surface area contributed by atoms with Gasteiger partial charge >= 0.3 is 0 Å². The van der Waals surface area contributed by atoms with Crippen molar-refractivity contribution in [2.45, 2.75) is 30.9 Å². The van der Waals surface area contributed by atoms with Crippen LogP contribution in [0, 0.1) is 5.82 Å². The standard InChI is InChI=1S/C16H20BrClFNO5SSi/c1-27(2,3)25-16-13(21)14(10-8-9(18)4-5-12(10)19)24-15(16)11(17)6-7-20-26(22)23/h4-5,8,11,20-21H,6-7H2,1-3H3,(H,22,23). The van der Waals surface area contributed by atoms with Crippen molar-refractivity contribution in [3.63, 3.8) is 0 Å². The maximum atomic E-state index is 14.3. The van der Waals surface area contributed by atoms with Crippen LogP contribution in [0.5, 0.6) is 11.5 Å². The molecular weight excluding hydrogens is 481 g/mol. The van der Waals surface area contributed by atoms with E-state index in [9.17, 15) is 13.7 Å². The van der Waals surface area contributed by atoms with E-state index in [4.69, 9.17) is 25.0 Å². The molecule has 1 aromatic heterocycles. The molecule has 0 aliphatic heterocycles. The SMILES string of the molecule is C[Si](C)(C)Oc1c(C(Br)CCNS(=O)O)oc(-c2cc(Cl)ccc2F)c1O. The molecule has 27 heavy (non-hydrogen) atoms. The number of benzene rings is 1. The molecule has 0 amide bonds. The molecule has 2 unspecified atom stereocenters. The molecular formula is C16H20BrClFNO5SSi. The average Bonchev–Trinajstić information content (AvgIpc) is 2.85. The van der Waals surface area contributed by atoms with Gasteiger partial charge in [-0.3, -0.25) is 4.55 Å². The second-order valence-corrected chi connectivity index (χ2v) is 13.5. The lowest BCUT2D eigenvalue weighted by molar-refractivity contribution is 0.438. The molecule has 0 bridgehead atoms.